The fraction of sp³-hybridized carbons (Fsp3) is 0.0968. The number of hydrogen-bond donors (Lipinski definition) is 0. The largest absolute Gasteiger partial charge is 0.271 e. The van der Waals surface area contributed by atoms with E-state index in [2.05, 4.69) is 0 Å². The van der Waals surface area contributed by atoms with Crippen molar-refractivity contribution in [1.82, 2.24) is 14.7 Å². The summed E-state index contributed by atoms with van der Waals surface area (Å²) in [5, 5.41) is 14.5. The van der Waals surface area contributed by atoms with Crippen molar-refractivity contribution >= 4 is 17.9 Å². The van der Waals surface area contributed by atoms with Gasteiger partial charge in [0.05, 0.1) is 17.9 Å². The molecule has 186 valence electrons. The average Bonchev–Trinajstić information content (AvgIpc) is 3.35. The number of imide groups is 1. The van der Waals surface area contributed by atoms with Crippen LogP contribution in [0.1, 0.15) is 23.6 Å². The molecule has 6 nitrogen and oxygen atoms in total. The van der Waals surface area contributed by atoms with Crippen molar-refractivity contribution in [2.24, 2.45) is 0 Å². The lowest BCUT2D eigenvalue weighted by Gasteiger charge is -2.27. The van der Waals surface area contributed by atoms with Gasteiger partial charge in [-0.05, 0) is 67.5 Å². The zero-order chi connectivity index (χ0) is 26.8. The quantitative estimate of drug-likeness (QED) is 0.256. The van der Waals surface area contributed by atoms with Gasteiger partial charge in [0.15, 0.2) is 0 Å². The molecule has 1 aromatic heterocycles. The molecule has 0 spiro atoms. The van der Waals surface area contributed by atoms with Crippen LogP contribution in [-0.2, 0) is 16.1 Å². The van der Waals surface area contributed by atoms with Crippen LogP contribution in [0.15, 0.2) is 102 Å². The van der Waals surface area contributed by atoms with Crippen molar-refractivity contribution in [3.05, 3.63) is 124 Å². The molecule has 1 aliphatic heterocycles. The van der Waals surface area contributed by atoms with Gasteiger partial charge in [-0.25, -0.2) is 9.07 Å². The standard InChI is InChI=1S/C31H23FN4O2/c1-20-8-10-22(11-9-20)18-35-30(37)27(21(2)28(17-33)31(35)38)16-24-19-36(26-6-4-3-5-7-26)34-29(24)23-12-14-25(32)15-13-23/h3-16,19H,18H2,1-2H3/b27-16+. The van der Waals surface area contributed by atoms with Gasteiger partial charge in [-0.2, -0.15) is 10.4 Å². The third-order valence-electron chi connectivity index (χ3n) is 6.47. The molecule has 4 aromatic rings. The van der Waals surface area contributed by atoms with Crippen molar-refractivity contribution in [3.63, 3.8) is 0 Å². The van der Waals surface area contributed by atoms with Gasteiger partial charge >= 0.3 is 0 Å². The number of amides is 2. The highest BCUT2D eigenvalue weighted by Gasteiger charge is 2.35. The van der Waals surface area contributed by atoms with Crippen LogP contribution in [0, 0.1) is 24.1 Å². The van der Waals surface area contributed by atoms with Crippen molar-refractivity contribution < 1.29 is 14.0 Å². The fourth-order valence-corrected chi connectivity index (χ4v) is 4.34. The molecule has 0 aliphatic carbocycles. The Bertz CT molecular complexity index is 1640. The van der Waals surface area contributed by atoms with Crippen LogP contribution in [0.3, 0.4) is 0 Å². The SMILES string of the molecule is CC1=C(C#N)C(=O)N(Cc2ccc(C)cc2)C(=O)/C1=C/c1cn(-c2ccccc2)nc1-c1ccc(F)cc1. The summed E-state index contributed by atoms with van der Waals surface area (Å²) in [6.07, 6.45) is 3.42. The number of carbonyl (C=O) groups is 2. The molecule has 3 aromatic carbocycles. The number of aromatic nitrogens is 2. The molecule has 0 saturated carbocycles. The van der Waals surface area contributed by atoms with E-state index in [1.54, 1.807) is 36.0 Å². The van der Waals surface area contributed by atoms with E-state index in [0.29, 0.717) is 22.4 Å². The summed E-state index contributed by atoms with van der Waals surface area (Å²) >= 11 is 0. The van der Waals surface area contributed by atoms with Crippen molar-refractivity contribution in [1.29, 1.82) is 5.26 Å². The summed E-state index contributed by atoms with van der Waals surface area (Å²) in [4.78, 5) is 27.9. The van der Waals surface area contributed by atoms with Gasteiger partial charge < -0.3 is 0 Å². The Kier molecular flexibility index (Phi) is 6.55. The first-order valence-electron chi connectivity index (χ1n) is 12.0. The minimum Gasteiger partial charge on any atom is -0.269 e. The zero-order valence-corrected chi connectivity index (χ0v) is 20.9. The highest BCUT2D eigenvalue weighted by molar-refractivity contribution is 6.19. The van der Waals surface area contributed by atoms with E-state index < -0.39 is 11.8 Å². The van der Waals surface area contributed by atoms with Crippen LogP contribution >= 0.6 is 0 Å². The average molecular weight is 503 g/mol. The Morgan fingerprint density at radius 2 is 1.61 bits per heavy atom. The lowest BCUT2D eigenvalue weighted by Crippen LogP contribution is -2.42. The van der Waals surface area contributed by atoms with E-state index in [1.165, 1.54) is 12.1 Å². The zero-order valence-electron chi connectivity index (χ0n) is 20.9. The number of para-hydroxylation sites is 1. The minimum atomic E-state index is -0.619. The number of rotatable bonds is 5. The maximum atomic E-state index is 13.7. The Labute approximate surface area is 219 Å². The van der Waals surface area contributed by atoms with Crippen LogP contribution in [-0.4, -0.2) is 26.5 Å². The van der Waals surface area contributed by atoms with E-state index >= 15 is 0 Å². The molecule has 0 N–H and O–H groups in total. The summed E-state index contributed by atoms with van der Waals surface area (Å²) < 4.78 is 15.3. The van der Waals surface area contributed by atoms with Crippen LogP contribution in [0.4, 0.5) is 4.39 Å². The number of nitrogens with zero attached hydrogens (tertiary/aromatic N) is 4. The smallest absolute Gasteiger partial charge is 0.269 e. The molecule has 0 unspecified atom stereocenters. The lowest BCUT2D eigenvalue weighted by atomic mass is 9.93. The first-order valence-corrected chi connectivity index (χ1v) is 12.0. The number of nitriles is 1. The first-order chi connectivity index (χ1) is 18.4. The van der Waals surface area contributed by atoms with Gasteiger partial charge in [-0.1, -0.05) is 48.0 Å². The second-order valence-electron chi connectivity index (χ2n) is 9.07. The number of carbonyl (C=O) groups excluding carboxylic acids is 2. The van der Waals surface area contributed by atoms with E-state index in [-0.39, 0.29) is 23.5 Å². The van der Waals surface area contributed by atoms with Crippen molar-refractivity contribution in [2.45, 2.75) is 20.4 Å². The lowest BCUT2D eigenvalue weighted by molar-refractivity contribution is -0.141. The Morgan fingerprint density at radius 1 is 0.921 bits per heavy atom. The predicted octanol–water partition coefficient (Wildman–Crippen LogP) is 5.78. The van der Waals surface area contributed by atoms with Gasteiger partial charge in [-0.3, -0.25) is 14.5 Å². The summed E-state index contributed by atoms with van der Waals surface area (Å²) in [6, 6.07) is 24.9. The van der Waals surface area contributed by atoms with Gasteiger partial charge in [0.25, 0.3) is 11.8 Å². The maximum absolute atomic E-state index is 13.7. The highest BCUT2D eigenvalue weighted by Crippen LogP contribution is 2.32. The second-order valence-corrected chi connectivity index (χ2v) is 9.07. The molecule has 0 radical (unpaired) electrons. The van der Waals surface area contributed by atoms with Crippen LogP contribution in [0.5, 0.6) is 0 Å². The number of aryl methyl sites for hydroxylation is 1. The van der Waals surface area contributed by atoms with Gasteiger partial charge in [0, 0.05) is 22.9 Å². The molecule has 38 heavy (non-hydrogen) atoms. The minimum absolute atomic E-state index is 0.0435. The summed E-state index contributed by atoms with van der Waals surface area (Å²) in [5.41, 5.74) is 4.86. The Hall–Kier alpha value is -5.09. The summed E-state index contributed by atoms with van der Waals surface area (Å²) in [7, 11) is 0. The van der Waals surface area contributed by atoms with E-state index in [0.717, 1.165) is 21.7 Å². The first kappa shape index (κ1) is 24.6. The fourth-order valence-electron chi connectivity index (χ4n) is 4.34. The van der Waals surface area contributed by atoms with E-state index in [4.69, 9.17) is 5.10 Å². The van der Waals surface area contributed by atoms with Crippen molar-refractivity contribution in [2.75, 3.05) is 0 Å². The topological polar surface area (TPSA) is 79.0 Å². The van der Waals surface area contributed by atoms with E-state index in [9.17, 15) is 19.2 Å². The molecule has 7 heteroatoms. The number of benzene rings is 3. The summed E-state index contributed by atoms with van der Waals surface area (Å²) in [6.45, 7) is 3.60. The molecule has 5 rings (SSSR count). The third kappa shape index (κ3) is 4.67. The summed E-state index contributed by atoms with van der Waals surface area (Å²) in [5.74, 6) is -1.49. The monoisotopic (exact) mass is 502 g/mol. The van der Waals surface area contributed by atoms with Crippen molar-refractivity contribution in [3.8, 4) is 23.0 Å². The number of hydrogen-bond acceptors (Lipinski definition) is 4. The normalized spacial score (nSPS) is 14.8. The molecular formula is C31H23FN4O2. The highest BCUT2D eigenvalue weighted by atomic mass is 19.1. The maximum Gasteiger partial charge on any atom is 0.271 e. The second kappa shape index (κ2) is 10.1. The van der Waals surface area contributed by atoms with Crippen LogP contribution in [0.2, 0.25) is 0 Å². The Balaban J connectivity index is 1.64. The number of halogens is 1. The molecular weight excluding hydrogens is 479 g/mol. The van der Waals surface area contributed by atoms with Crippen LogP contribution in [0.25, 0.3) is 23.0 Å². The molecule has 2 amide bonds. The van der Waals surface area contributed by atoms with Crippen LogP contribution < -0.4 is 0 Å². The molecule has 1 aliphatic rings. The third-order valence-corrected chi connectivity index (χ3v) is 6.47. The Morgan fingerprint density at radius 3 is 2.26 bits per heavy atom. The molecule has 0 saturated heterocycles. The molecule has 0 bridgehead atoms. The van der Waals surface area contributed by atoms with Gasteiger partial charge in [-0.15, -0.1) is 0 Å². The van der Waals surface area contributed by atoms with E-state index in [1.807, 2.05) is 67.6 Å². The molecule has 0 fully saturated rings. The van der Waals surface area contributed by atoms with Gasteiger partial charge in [0.1, 0.15) is 17.5 Å². The van der Waals surface area contributed by atoms with Gasteiger partial charge in [0.2, 0.25) is 0 Å². The predicted molar refractivity (Wildman–Crippen MR) is 142 cm³/mol. The molecule has 0 atom stereocenters. The molecule has 2 heterocycles.